The zero-order valence-electron chi connectivity index (χ0n) is 11.6. The fraction of sp³-hybridized carbons (Fsp3) is 0.118. The summed E-state index contributed by atoms with van der Waals surface area (Å²) < 4.78 is 18.9. The number of aryl methyl sites for hydroxylation is 1. The summed E-state index contributed by atoms with van der Waals surface area (Å²) in [4.78, 5) is 3.89. The van der Waals surface area contributed by atoms with Crippen LogP contribution >= 0.6 is 0 Å². The Kier molecular flexibility index (Phi) is 3.69. The molecule has 3 rings (SSSR count). The van der Waals surface area contributed by atoms with Gasteiger partial charge in [0.25, 0.3) is 0 Å². The monoisotopic (exact) mass is 282 g/mol. The summed E-state index contributed by atoms with van der Waals surface area (Å²) in [5, 5.41) is 3.22. The summed E-state index contributed by atoms with van der Waals surface area (Å²) in [6.45, 7) is 2.41. The second-order valence-electron chi connectivity index (χ2n) is 4.89. The van der Waals surface area contributed by atoms with Crippen LogP contribution in [0.25, 0.3) is 11.3 Å². The largest absolute Gasteiger partial charge is 0.444 e. The first-order valence-electron chi connectivity index (χ1n) is 6.70. The van der Waals surface area contributed by atoms with Gasteiger partial charge in [-0.3, -0.25) is 0 Å². The molecule has 1 aromatic heterocycles. The van der Waals surface area contributed by atoms with Crippen LogP contribution in [-0.2, 0) is 6.54 Å². The standard InChI is InChI=1S/C17H15FN2O/c1-12-2-7-16(18)14(8-12)9-20-15-5-3-13(4-6-15)17-10-19-11-21-17/h2-8,10-11,20H,9H2,1H3. The summed E-state index contributed by atoms with van der Waals surface area (Å²) in [5.41, 5.74) is 3.60. The van der Waals surface area contributed by atoms with Gasteiger partial charge in [0.1, 0.15) is 5.82 Å². The molecule has 1 heterocycles. The van der Waals surface area contributed by atoms with E-state index in [4.69, 9.17) is 4.42 Å². The second-order valence-corrected chi connectivity index (χ2v) is 4.89. The minimum Gasteiger partial charge on any atom is -0.444 e. The number of hydrogen-bond donors (Lipinski definition) is 1. The Hall–Kier alpha value is -2.62. The number of nitrogens with zero attached hydrogens (tertiary/aromatic N) is 1. The van der Waals surface area contributed by atoms with Gasteiger partial charge in [0.15, 0.2) is 12.2 Å². The van der Waals surface area contributed by atoms with Gasteiger partial charge in [-0.05, 0) is 37.3 Å². The summed E-state index contributed by atoms with van der Waals surface area (Å²) in [7, 11) is 0. The summed E-state index contributed by atoms with van der Waals surface area (Å²) >= 11 is 0. The topological polar surface area (TPSA) is 38.1 Å². The molecule has 0 saturated carbocycles. The second kappa shape index (κ2) is 5.79. The zero-order valence-corrected chi connectivity index (χ0v) is 11.6. The van der Waals surface area contributed by atoms with E-state index in [0.717, 1.165) is 22.6 Å². The maximum absolute atomic E-state index is 13.7. The van der Waals surface area contributed by atoms with Crippen LogP contribution in [0.2, 0.25) is 0 Å². The molecular formula is C17H15FN2O. The van der Waals surface area contributed by atoms with Crippen molar-refractivity contribution in [1.82, 2.24) is 4.98 Å². The number of anilines is 1. The molecule has 0 aliphatic rings. The minimum absolute atomic E-state index is 0.189. The van der Waals surface area contributed by atoms with E-state index in [-0.39, 0.29) is 5.82 Å². The van der Waals surface area contributed by atoms with Gasteiger partial charge in [-0.1, -0.05) is 17.7 Å². The average Bonchev–Trinajstić information content (AvgIpc) is 3.03. The molecular weight excluding hydrogens is 267 g/mol. The quantitative estimate of drug-likeness (QED) is 0.770. The van der Waals surface area contributed by atoms with E-state index < -0.39 is 0 Å². The predicted molar refractivity (Wildman–Crippen MR) is 80.4 cm³/mol. The van der Waals surface area contributed by atoms with Gasteiger partial charge in [0.2, 0.25) is 0 Å². The number of rotatable bonds is 4. The van der Waals surface area contributed by atoms with Gasteiger partial charge in [-0.15, -0.1) is 0 Å². The molecule has 21 heavy (non-hydrogen) atoms. The van der Waals surface area contributed by atoms with Crippen LogP contribution in [0, 0.1) is 12.7 Å². The summed E-state index contributed by atoms with van der Waals surface area (Å²) in [6, 6.07) is 12.9. The van der Waals surface area contributed by atoms with Crippen molar-refractivity contribution >= 4 is 5.69 Å². The third kappa shape index (κ3) is 3.11. The summed E-state index contributed by atoms with van der Waals surface area (Å²) in [6.07, 6.45) is 3.08. The lowest BCUT2D eigenvalue weighted by Crippen LogP contribution is -2.02. The lowest BCUT2D eigenvalue weighted by atomic mass is 10.1. The number of hydrogen-bond acceptors (Lipinski definition) is 3. The first-order chi connectivity index (χ1) is 10.2. The highest BCUT2D eigenvalue weighted by molar-refractivity contribution is 5.60. The number of benzene rings is 2. The van der Waals surface area contributed by atoms with E-state index >= 15 is 0 Å². The molecule has 0 spiro atoms. The Morgan fingerprint density at radius 2 is 1.95 bits per heavy atom. The SMILES string of the molecule is Cc1ccc(F)c(CNc2ccc(-c3cnco3)cc2)c1. The molecule has 0 amide bonds. The smallest absolute Gasteiger partial charge is 0.181 e. The van der Waals surface area contributed by atoms with Crippen LogP contribution in [0.15, 0.2) is 59.5 Å². The van der Waals surface area contributed by atoms with Gasteiger partial charge in [-0.25, -0.2) is 9.37 Å². The van der Waals surface area contributed by atoms with Crippen molar-refractivity contribution in [1.29, 1.82) is 0 Å². The fourth-order valence-corrected chi connectivity index (χ4v) is 2.15. The van der Waals surface area contributed by atoms with Gasteiger partial charge < -0.3 is 9.73 Å². The lowest BCUT2D eigenvalue weighted by molar-refractivity contribution is 0.572. The Balaban J connectivity index is 1.70. The number of halogens is 1. The molecule has 0 unspecified atom stereocenters. The molecule has 2 aromatic carbocycles. The van der Waals surface area contributed by atoms with E-state index in [2.05, 4.69) is 10.3 Å². The fourth-order valence-electron chi connectivity index (χ4n) is 2.15. The predicted octanol–water partition coefficient (Wildman–Crippen LogP) is 4.40. The molecule has 3 aromatic rings. The zero-order chi connectivity index (χ0) is 14.7. The first-order valence-corrected chi connectivity index (χ1v) is 6.70. The Morgan fingerprint density at radius 3 is 2.67 bits per heavy atom. The van der Waals surface area contributed by atoms with Crippen LogP contribution < -0.4 is 5.32 Å². The van der Waals surface area contributed by atoms with Crippen LogP contribution in [-0.4, -0.2) is 4.98 Å². The lowest BCUT2D eigenvalue weighted by Gasteiger charge is -2.08. The van der Waals surface area contributed by atoms with Crippen molar-refractivity contribution in [3.63, 3.8) is 0 Å². The highest BCUT2D eigenvalue weighted by Crippen LogP contribution is 2.21. The van der Waals surface area contributed by atoms with Crippen molar-refractivity contribution in [2.45, 2.75) is 13.5 Å². The van der Waals surface area contributed by atoms with Gasteiger partial charge in [0.05, 0.1) is 6.20 Å². The highest BCUT2D eigenvalue weighted by Gasteiger charge is 2.04. The van der Waals surface area contributed by atoms with Crippen molar-refractivity contribution in [2.75, 3.05) is 5.32 Å². The highest BCUT2D eigenvalue weighted by atomic mass is 19.1. The van der Waals surface area contributed by atoms with E-state index in [1.807, 2.05) is 37.3 Å². The third-order valence-corrected chi connectivity index (χ3v) is 3.29. The molecule has 1 N–H and O–H groups in total. The maximum Gasteiger partial charge on any atom is 0.181 e. The van der Waals surface area contributed by atoms with E-state index in [1.54, 1.807) is 12.3 Å². The Labute approximate surface area is 122 Å². The molecule has 0 radical (unpaired) electrons. The van der Waals surface area contributed by atoms with Gasteiger partial charge in [-0.2, -0.15) is 0 Å². The molecule has 106 valence electrons. The van der Waals surface area contributed by atoms with Crippen LogP contribution in [0.5, 0.6) is 0 Å². The first kappa shape index (κ1) is 13.4. The van der Waals surface area contributed by atoms with Crippen LogP contribution in [0.4, 0.5) is 10.1 Å². The van der Waals surface area contributed by atoms with Crippen LogP contribution in [0.3, 0.4) is 0 Å². The number of oxazole rings is 1. The van der Waals surface area contributed by atoms with Gasteiger partial charge in [0, 0.05) is 23.4 Å². The maximum atomic E-state index is 13.7. The van der Waals surface area contributed by atoms with E-state index in [1.165, 1.54) is 12.5 Å². The molecule has 0 saturated heterocycles. The molecule has 4 heteroatoms. The van der Waals surface area contributed by atoms with E-state index in [0.29, 0.717) is 12.1 Å². The Bertz CT molecular complexity index is 721. The van der Waals surface area contributed by atoms with Crippen molar-refractivity contribution in [3.8, 4) is 11.3 Å². The third-order valence-electron chi connectivity index (χ3n) is 3.29. The minimum atomic E-state index is -0.189. The molecule has 0 fully saturated rings. The molecule has 3 nitrogen and oxygen atoms in total. The number of aromatic nitrogens is 1. The Morgan fingerprint density at radius 1 is 1.14 bits per heavy atom. The number of nitrogens with one attached hydrogen (secondary N) is 1. The van der Waals surface area contributed by atoms with Gasteiger partial charge >= 0.3 is 0 Å². The average molecular weight is 282 g/mol. The molecule has 0 aliphatic carbocycles. The van der Waals surface area contributed by atoms with E-state index in [9.17, 15) is 4.39 Å². The van der Waals surface area contributed by atoms with Crippen molar-refractivity contribution in [3.05, 3.63) is 72.0 Å². The van der Waals surface area contributed by atoms with Crippen molar-refractivity contribution in [2.24, 2.45) is 0 Å². The van der Waals surface area contributed by atoms with Crippen LogP contribution in [0.1, 0.15) is 11.1 Å². The molecule has 0 bridgehead atoms. The molecule has 0 aliphatic heterocycles. The summed E-state index contributed by atoms with van der Waals surface area (Å²) in [5.74, 6) is 0.539. The van der Waals surface area contributed by atoms with Crippen molar-refractivity contribution < 1.29 is 8.81 Å². The molecule has 0 atom stereocenters. The normalized spacial score (nSPS) is 10.6.